The molecule has 21 heavy (non-hydrogen) atoms. The average molecular weight is 315 g/mol. The maximum Gasteiger partial charge on any atom is 0.144 e. The summed E-state index contributed by atoms with van der Waals surface area (Å²) in [5.74, 6) is -1.64. The third-order valence-electron chi connectivity index (χ3n) is 4.49. The minimum atomic E-state index is -1.71. The summed E-state index contributed by atoms with van der Waals surface area (Å²) < 4.78 is 46.4. The van der Waals surface area contributed by atoms with E-state index in [0.29, 0.717) is 19.4 Å². The van der Waals surface area contributed by atoms with E-state index in [-0.39, 0.29) is 21.4 Å². The molecule has 2 unspecified atom stereocenters. The van der Waals surface area contributed by atoms with Crippen LogP contribution in [0.1, 0.15) is 38.5 Å². The maximum atomic E-state index is 13.9. The van der Waals surface area contributed by atoms with Crippen LogP contribution in [0.5, 0.6) is 0 Å². The maximum absolute atomic E-state index is 13.9. The topological polar surface area (TPSA) is 52.3 Å². The largest absolute Gasteiger partial charge is 0.399 e. The second kappa shape index (κ2) is 5.65. The summed E-state index contributed by atoms with van der Waals surface area (Å²) in [4.78, 5) is -0.343. The molecule has 2 fully saturated rings. The Morgan fingerprint density at radius 2 is 1.86 bits per heavy atom. The van der Waals surface area contributed by atoms with E-state index < -0.39 is 22.4 Å². The lowest BCUT2D eigenvalue weighted by Gasteiger charge is -2.37. The van der Waals surface area contributed by atoms with E-state index in [9.17, 15) is 13.0 Å². The fourth-order valence-corrected chi connectivity index (χ4v) is 5.07. The lowest BCUT2D eigenvalue weighted by molar-refractivity contribution is -0.0709. The molecular formula is C15H19F2NO2S. The van der Waals surface area contributed by atoms with Crippen LogP contribution >= 0.6 is 0 Å². The highest BCUT2D eigenvalue weighted by Gasteiger charge is 2.42. The van der Waals surface area contributed by atoms with Crippen LogP contribution in [0.15, 0.2) is 17.0 Å². The fraction of sp³-hybridized carbons (Fsp3) is 0.600. The lowest BCUT2D eigenvalue weighted by atomic mass is 9.92. The fourth-order valence-electron chi connectivity index (χ4n) is 3.47. The van der Waals surface area contributed by atoms with E-state index in [1.54, 1.807) is 0 Å². The Labute approximate surface area is 125 Å². The molecule has 6 heteroatoms. The van der Waals surface area contributed by atoms with E-state index >= 15 is 0 Å². The molecule has 1 aliphatic heterocycles. The van der Waals surface area contributed by atoms with Crippen LogP contribution in [0.2, 0.25) is 0 Å². The summed E-state index contributed by atoms with van der Waals surface area (Å²) in [6, 6.07) is 2.06. The van der Waals surface area contributed by atoms with Crippen molar-refractivity contribution in [3.63, 3.8) is 0 Å². The van der Waals surface area contributed by atoms with Gasteiger partial charge in [-0.15, -0.1) is 0 Å². The summed E-state index contributed by atoms with van der Waals surface area (Å²) in [5, 5.41) is -0.260. The molecular weight excluding hydrogens is 296 g/mol. The van der Waals surface area contributed by atoms with Crippen molar-refractivity contribution < 1.29 is 17.7 Å². The Hall–Kier alpha value is -1.01. The molecule has 1 aliphatic carbocycles. The van der Waals surface area contributed by atoms with Crippen LogP contribution in [-0.4, -0.2) is 21.7 Å². The number of hydrogen-bond acceptors (Lipinski definition) is 3. The van der Waals surface area contributed by atoms with Gasteiger partial charge in [-0.25, -0.2) is 8.78 Å². The third-order valence-corrected chi connectivity index (χ3v) is 6.29. The van der Waals surface area contributed by atoms with Gasteiger partial charge < -0.3 is 10.5 Å². The van der Waals surface area contributed by atoms with E-state index in [0.717, 1.165) is 37.8 Å². The Bertz CT molecular complexity index is 550. The molecule has 1 aromatic carbocycles. The number of halogens is 2. The number of benzene rings is 1. The molecule has 2 N–H and O–H groups in total. The first-order valence-electron chi connectivity index (χ1n) is 7.30. The van der Waals surface area contributed by atoms with Crippen molar-refractivity contribution in [2.45, 2.75) is 54.3 Å². The van der Waals surface area contributed by atoms with Crippen molar-refractivity contribution in [2.24, 2.45) is 0 Å². The number of nitrogen functional groups attached to an aromatic ring is 1. The predicted molar refractivity (Wildman–Crippen MR) is 77.4 cm³/mol. The normalized spacial score (nSPS) is 26.1. The Kier molecular flexibility index (Phi) is 4.01. The quantitative estimate of drug-likeness (QED) is 0.853. The van der Waals surface area contributed by atoms with Gasteiger partial charge in [0.25, 0.3) is 0 Å². The number of hydrogen-bond donors (Lipinski definition) is 1. The second-order valence-corrected chi connectivity index (χ2v) is 7.63. The molecule has 1 saturated carbocycles. The Morgan fingerprint density at radius 3 is 2.48 bits per heavy atom. The monoisotopic (exact) mass is 315 g/mol. The minimum Gasteiger partial charge on any atom is -0.399 e. The molecule has 1 saturated heterocycles. The zero-order valence-corrected chi connectivity index (χ0v) is 12.6. The average Bonchev–Trinajstić information content (AvgIpc) is 2.85. The molecule has 0 radical (unpaired) electrons. The van der Waals surface area contributed by atoms with Gasteiger partial charge in [0.2, 0.25) is 0 Å². The Balaban J connectivity index is 1.85. The van der Waals surface area contributed by atoms with Gasteiger partial charge in [0.15, 0.2) is 0 Å². The number of ether oxygens (including phenoxy) is 1. The standard InChI is InChI=1S/C15H19F2NO2S/c16-12-7-10(18)8-13(17)14(12)21(19)11-3-6-20-15(9-11)4-1-2-5-15/h7-8,11H,1-6,9,18H2. The number of nitrogens with two attached hydrogens (primary N) is 1. The van der Waals surface area contributed by atoms with E-state index in [1.165, 1.54) is 0 Å². The second-order valence-electron chi connectivity index (χ2n) is 5.96. The van der Waals surface area contributed by atoms with Crippen LogP contribution in [0.4, 0.5) is 14.5 Å². The molecule has 116 valence electrons. The molecule has 2 atom stereocenters. The smallest absolute Gasteiger partial charge is 0.144 e. The zero-order chi connectivity index (χ0) is 15.0. The highest BCUT2D eigenvalue weighted by Crippen LogP contribution is 2.42. The van der Waals surface area contributed by atoms with Gasteiger partial charge in [-0.05, 0) is 37.8 Å². The SMILES string of the molecule is Nc1cc(F)c(S(=O)C2CCOC3(CCCC3)C2)c(F)c1. The first kappa shape index (κ1) is 14.9. The van der Waals surface area contributed by atoms with Crippen molar-refractivity contribution in [2.75, 3.05) is 12.3 Å². The van der Waals surface area contributed by atoms with Gasteiger partial charge in [-0.3, -0.25) is 4.21 Å². The molecule has 0 amide bonds. The highest BCUT2D eigenvalue weighted by molar-refractivity contribution is 7.85. The van der Waals surface area contributed by atoms with Crippen molar-refractivity contribution in [1.29, 1.82) is 0 Å². The summed E-state index contributed by atoms with van der Waals surface area (Å²) in [6.07, 6.45) is 5.29. The van der Waals surface area contributed by atoms with Crippen LogP contribution in [0.3, 0.4) is 0 Å². The first-order chi connectivity index (χ1) is 10.0. The molecule has 1 spiro atoms. The molecule has 2 aliphatic rings. The van der Waals surface area contributed by atoms with E-state index in [1.807, 2.05) is 0 Å². The van der Waals surface area contributed by atoms with Crippen molar-refractivity contribution in [3.8, 4) is 0 Å². The summed E-state index contributed by atoms with van der Waals surface area (Å²) >= 11 is 0. The van der Waals surface area contributed by atoms with Gasteiger partial charge >= 0.3 is 0 Å². The minimum absolute atomic E-state index is 0.00462. The van der Waals surface area contributed by atoms with Gasteiger partial charge in [-0.2, -0.15) is 0 Å². The predicted octanol–water partition coefficient (Wildman–Crippen LogP) is 3.15. The number of rotatable bonds is 2. The summed E-state index contributed by atoms with van der Waals surface area (Å²) in [6.45, 7) is 0.509. The molecule has 0 bridgehead atoms. The van der Waals surface area contributed by atoms with Crippen molar-refractivity contribution in [3.05, 3.63) is 23.8 Å². The van der Waals surface area contributed by atoms with Gasteiger partial charge in [0.05, 0.1) is 16.4 Å². The van der Waals surface area contributed by atoms with Crippen LogP contribution in [0, 0.1) is 11.6 Å². The van der Waals surface area contributed by atoms with Crippen molar-refractivity contribution >= 4 is 16.5 Å². The molecule has 0 aromatic heterocycles. The van der Waals surface area contributed by atoms with Crippen LogP contribution in [0.25, 0.3) is 0 Å². The van der Waals surface area contributed by atoms with Gasteiger partial charge in [0, 0.05) is 17.5 Å². The zero-order valence-electron chi connectivity index (χ0n) is 11.7. The first-order valence-corrected chi connectivity index (χ1v) is 8.51. The lowest BCUT2D eigenvalue weighted by Crippen LogP contribution is -2.41. The molecule has 1 aromatic rings. The van der Waals surface area contributed by atoms with Crippen molar-refractivity contribution in [1.82, 2.24) is 0 Å². The summed E-state index contributed by atoms with van der Waals surface area (Å²) in [5.41, 5.74) is 5.18. The highest BCUT2D eigenvalue weighted by atomic mass is 32.2. The molecule has 1 heterocycles. The van der Waals surface area contributed by atoms with E-state index in [2.05, 4.69) is 0 Å². The van der Waals surface area contributed by atoms with E-state index in [4.69, 9.17) is 10.5 Å². The van der Waals surface area contributed by atoms with Gasteiger partial charge in [-0.1, -0.05) is 12.8 Å². The van der Waals surface area contributed by atoms with Crippen LogP contribution < -0.4 is 5.73 Å². The van der Waals surface area contributed by atoms with Gasteiger partial charge in [0.1, 0.15) is 16.5 Å². The third kappa shape index (κ3) is 2.83. The molecule has 3 rings (SSSR count). The van der Waals surface area contributed by atoms with Crippen LogP contribution in [-0.2, 0) is 15.5 Å². The summed E-state index contributed by atoms with van der Waals surface area (Å²) in [7, 11) is -1.71. The molecule has 3 nitrogen and oxygen atoms in total. The Morgan fingerprint density at radius 1 is 1.24 bits per heavy atom. The number of anilines is 1.